The molecule has 0 radical (unpaired) electrons. The Kier molecular flexibility index (Phi) is 24.6. The molecule has 63 heavy (non-hydrogen) atoms. The monoisotopic (exact) mass is 986 g/mol. The van der Waals surface area contributed by atoms with Gasteiger partial charge in [0.2, 0.25) is 0 Å². The van der Waals surface area contributed by atoms with Crippen molar-refractivity contribution < 1.29 is 219 Å². The maximum atomic E-state index is 12.6. The Morgan fingerprint density at radius 2 is 0.984 bits per heavy atom. The fraction of sp³-hybridized carbons (Fsp3) is 0.0312. The van der Waals surface area contributed by atoms with Gasteiger partial charge < -0.3 is 33.2 Å². The van der Waals surface area contributed by atoms with Gasteiger partial charge >= 0.3 is 148 Å². The minimum atomic E-state index is -4.73. The predicted molar refractivity (Wildman–Crippen MR) is 189 cm³/mol. The first-order valence-corrected chi connectivity index (χ1v) is 20.9. The number of carbonyl (C=O) groups is 2. The summed E-state index contributed by atoms with van der Waals surface area (Å²) >= 11 is 0. The van der Waals surface area contributed by atoms with Gasteiger partial charge in [-0.3, -0.25) is 4.79 Å². The van der Waals surface area contributed by atoms with E-state index in [2.05, 4.69) is 25.6 Å². The third-order valence-electron chi connectivity index (χ3n) is 7.52. The Morgan fingerprint density at radius 3 is 1.41 bits per heavy atom. The van der Waals surface area contributed by atoms with E-state index < -0.39 is 83.7 Å². The Morgan fingerprint density at radius 1 is 0.571 bits per heavy atom. The molecule has 1 N–H and O–H groups in total. The Balaban J connectivity index is 0.00000114. The third kappa shape index (κ3) is 16.4. The molecule has 5 aromatic carbocycles. The van der Waals surface area contributed by atoms with Crippen LogP contribution in [0.3, 0.4) is 0 Å². The number of amides is 1. The van der Waals surface area contributed by atoms with Crippen molar-refractivity contribution in [1.82, 2.24) is 0 Å². The second-order valence-electron chi connectivity index (χ2n) is 11.4. The number of hydrazone groups is 1. The maximum absolute atomic E-state index is 12.6. The van der Waals surface area contributed by atoms with Crippen LogP contribution in [-0.4, -0.2) is 80.6 Å². The van der Waals surface area contributed by atoms with Crippen molar-refractivity contribution in [3.05, 3.63) is 103 Å². The zero-order valence-electron chi connectivity index (χ0n) is 33.3. The Hall–Kier alpha value is -1.39. The number of aliphatic carboxylic acids is 1. The van der Waals surface area contributed by atoms with Gasteiger partial charge in [-0.15, -0.1) is 5.11 Å². The first-order valence-electron chi connectivity index (χ1n) is 15.3. The number of phenolic OH excluding ortho intramolecular Hbond substituents is 1. The molecule has 31 heteroatoms. The molecule has 0 aromatic heterocycles. The van der Waals surface area contributed by atoms with Crippen molar-refractivity contribution in [3.8, 4) is 5.75 Å². The topological polar surface area (TPSA) is 371 Å². The van der Waals surface area contributed by atoms with Gasteiger partial charge in [-0.2, -0.15) is 25.5 Å². The van der Waals surface area contributed by atoms with Gasteiger partial charge in [-0.1, -0.05) is 12.1 Å². The second-order valence-corrected chi connectivity index (χ2v) is 16.9. The van der Waals surface area contributed by atoms with Crippen LogP contribution in [0.1, 0.15) is 0 Å². The van der Waals surface area contributed by atoms with Gasteiger partial charge in [0.1, 0.15) is 57.6 Å². The molecular weight excluding hydrogens is 968 g/mol. The minimum absolute atomic E-state index is 0. The number of nitrogens with zero attached hydrogens (tertiary/aromatic N) is 6. The number of carbonyl (C=O) groups excluding carboxylic acids is 2. The number of phenols is 1. The molecule has 0 aliphatic carbocycles. The largest absolute Gasteiger partial charge is 1.00 e. The fourth-order valence-corrected chi connectivity index (χ4v) is 6.69. The SMILES string of the molecule is O=C([O-])C1=NN(c2ccc(S(=O)(=O)[O-])cc2)C(=O)C1N=Nc1ccc(S(=O)(=O)[O-])cc1.O=S(=O)([O-])c1ccc(N=Nc2c(O)ccc3cc(S(=O)(=O)[O-])ccc23)cc1.[Na+].[Na+].[Na+].[Na+].[Na+]. The molecule has 5 aromatic rings. The van der Waals surface area contributed by atoms with Crippen LogP contribution in [0.25, 0.3) is 10.8 Å². The van der Waals surface area contributed by atoms with Crippen molar-refractivity contribution >= 4 is 91.6 Å². The van der Waals surface area contributed by atoms with Crippen molar-refractivity contribution in [3.63, 3.8) is 0 Å². The quantitative estimate of drug-likeness (QED) is 0.0771. The van der Waals surface area contributed by atoms with Crippen LogP contribution in [-0.2, 0) is 50.1 Å². The molecule has 1 atom stereocenters. The molecule has 6 rings (SSSR count). The normalized spacial score (nSPS) is 13.9. The summed E-state index contributed by atoms with van der Waals surface area (Å²) < 4.78 is 132. The summed E-state index contributed by atoms with van der Waals surface area (Å²) in [5.74, 6) is -3.01. The summed E-state index contributed by atoms with van der Waals surface area (Å²) in [5, 5.41) is 41.3. The zero-order valence-corrected chi connectivity index (χ0v) is 46.5. The first kappa shape index (κ1) is 61.6. The molecule has 0 spiro atoms. The number of carboxylic acids is 1. The van der Waals surface area contributed by atoms with Crippen LogP contribution in [0.2, 0.25) is 0 Å². The number of hydrogen-bond acceptors (Lipinski definition) is 21. The molecule has 0 saturated heterocycles. The second kappa shape index (κ2) is 25.1. The average Bonchev–Trinajstić information content (AvgIpc) is 3.48. The van der Waals surface area contributed by atoms with Crippen LogP contribution in [0.5, 0.6) is 5.75 Å². The number of anilines is 1. The van der Waals surface area contributed by atoms with E-state index in [1.807, 2.05) is 0 Å². The van der Waals surface area contributed by atoms with Gasteiger partial charge in [-0.05, 0) is 96.4 Å². The standard InChI is InChI=1S/C16H12N4O9S2.C16H12N2O7S2.5Na/c21-15-13(18-17-9-1-5-11(6-2-9)30(24,25)26)14(16(22)23)19-20(15)10-3-7-12(8-4-10)31(27,28)29;19-15-8-1-10-9-13(27(23,24)25)6-7-14(10)16(15)18-17-11-2-4-12(5-3-11)26(20,21)22;;;;;/h1-8,13H,(H,22,23)(H,24,25,26)(H,27,28,29);1-9,19H,(H,20,21,22)(H,23,24,25);;;;;/q;;5*+1/p-5. The van der Waals surface area contributed by atoms with Gasteiger partial charge in [0.15, 0.2) is 6.04 Å². The molecular formula is C32H19N6Na5O16S4. The van der Waals surface area contributed by atoms with Crippen molar-refractivity contribution in [1.29, 1.82) is 0 Å². The molecule has 1 aliphatic heterocycles. The summed E-state index contributed by atoms with van der Waals surface area (Å²) in [4.78, 5) is 22.0. The van der Waals surface area contributed by atoms with E-state index in [1.165, 1.54) is 30.3 Å². The molecule has 302 valence electrons. The maximum Gasteiger partial charge on any atom is 1.00 e. The van der Waals surface area contributed by atoms with Crippen LogP contribution in [0.15, 0.2) is 148 Å². The predicted octanol–water partition coefficient (Wildman–Crippen LogP) is -13.1. The van der Waals surface area contributed by atoms with Crippen LogP contribution in [0, 0.1) is 0 Å². The number of aromatic hydroxyl groups is 1. The van der Waals surface area contributed by atoms with Crippen molar-refractivity contribution in [2.24, 2.45) is 25.6 Å². The third-order valence-corrected chi connectivity index (χ3v) is 10.9. The molecule has 1 amide bonds. The van der Waals surface area contributed by atoms with E-state index in [9.17, 15) is 71.7 Å². The molecule has 0 saturated carbocycles. The smallest absolute Gasteiger partial charge is 0.744 e. The van der Waals surface area contributed by atoms with Crippen LogP contribution < -0.4 is 158 Å². The van der Waals surface area contributed by atoms with Gasteiger partial charge in [0.25, 0.3) is 5.91 Å². The number of rotatable bonds is 10. The molecule has 1 unspecified atom stereocenters. The summed E-state index contributed by atoms with van der Waals surface area (Å²) in [6.45, 7) is 0. The Bertz CT molecular complexity index is 3020. The van der Waals surface area contributed by atoms with Gasteiger partial charge in [-0.25, -0.2) is 33.7 Å². The van der Waals surface area contributed by atoms with E-state index in [-0.39, 0.29) is 176 Å². The molecule has 0 fully saturated rings. The van der Waals surface area contributed by atoms with E-state index in [0.29, 0.717) is 15.8 Å². The number of fused-ring (bicyclic) bond motifs is 1. The summed E-state index contributed by atoms with van der Waals surface area (Å²) in [6.07, 6.45) is 0. The van der Waals surface area contributed by atoms with Crippen LogP contribution >= 0.6 is 0 Å². The summed E-state index contributed by atoms with van der Waals surface area (Å²) in [5.41, 5.74) is -0.561. The van der Waals surface area contributed by atoms with Crippen LogP contribution in [0.4, 0.5) is 22.7 Å². The van der Waals surface area contributed by atoms with Gasteiger partial charge in [0, 0.05) is 5.39 Å². The number of hydrogen-bond donors (Lipinski definition) is 1. The Labute approximate surface area is 469 Å². The number of carboxylic acid groups (broad SMARTS) is 1. The van der Waals surface area contributed by atoms with E-state index in [0.717, 1.165) is 72.8 Å². The minimum Gasteiger partial charge on any atom is -0.744 e. The summed E-state index contributed by atoms with van der Waals surface area (Å²) in [7, 11) is -18.6. The van der Waals surface area contributed by atoms with E-state index in [1.54, 1.807) is 0 Å². The number of benzene rings is 5. The average molecular weight is 987 g/mol. The molecule has 1 aliphatic rings. The zero-order chi connectivity index (χ0) is 42.8. The van der Waals surface area contributed by atoms with E-state index in [4.69, 9.17) is 0 Å². The fourth-order valence-electron chi connectivity index (χ4n) is 4.77. The molecule has 22 nitrogen and oxygen atoms in total. The van der Waals surface area contributed by atoms with Crippen molar-refractivity contribution in [2.45, 2.75) is 25.6 Å². The number of azo groups is 2. The first-order chi connectivity index (χ1) is 26.9. The van der Waals surface area contributed by atoms with Crippen molar-refractivity contribution in [2.75, 3.05) is 5.01 Å². The molecule has 1 heterocycles. The van der Waals surface area contributed by atoms with E-state index >= 15 is 0 Å². The summed E-state index contributed by atoms with van der Waals surface area (Å²) in [6, 6.07) is 17.3. The van der Waals surface area contributed by atoms with Gasteiger partial charge in [0.05, 0.1) is 42.6 Å². The molecule has 0 bridgehead atoms.